The predicted octanol–water partition coefficient (Wildman–Crippen LogP) is 8.85. The Morgan fingerprint density at radius 3 is 2.08 bits per heavy atom. The van der Waals surface area contributed by atoms with Crippen molar-refractivity contribution in [1.82, 2.24) is 9.97 Å². The maximum atomic E-state index is 4.79. The number of rotatable bonds is 7. The van der Waals surface area contributed by atoms with Gasteiger partial charge >= 0.3 is 0 Å². The highest BCUT2D eigenvalue weighted by Crippen LogP contribution is 2.31. The summed E-state index contributed by atoms with van der Waals surface area (Å²) in [5.41, 5.74) is 10.2. The Kier molecular flexibility index (Phi) is 7.14. The topological polar surface area (TPSA) is 25.8 Å². The van der Waals surface area contributed by atoms with E-state index in [-0.39, 0.29) is 0 Å². The van der Waals surface area contributed by atoms with Gasteiger partial charge in [0.1, 0.15) is 0 Å². The molecule has 36 heavy (non-hydrogen) atoms. The van der Waals surface area contributed by atoms with Crippen LogP contribution in [0.1, 0.15) is 30.5 Å². The third kappa shape index (κ3) is 5.50. The molecule has 5 aromatic rings. The highest BCUT2D eigenvalue weighted by molar-refractivity contribution is 5.86. The fourth-order valence-corrected chi connectivity index (χ4v) is 4.53. The van der Waals surface area contributed by atoms with Gasteiger partial charge in [-0.3, -0.25) is 9.97 Å². The second-order valence-electron chi connectivity index (χ2n) is 9.45. The predicted molar refractivity (Wildman–Crippen MR) is 152 cm³/mol. The smallest absolute Gasteiger partial charge is 0.0710 e. The first kappa shape index (κ1) is 23.4. The van der Waals surface area contributed by atoms with Crippen LogP contribution in [0.3, 0.4) is 0 Å². The molecule has 2 heterocycles. The van der Waals surface area contributed by atoms with Crippen LogP contribution in [0, 0.1) is 5.92 Å². The Labute approximate surface area is 214 Å². The molecule has 5 rings (SSSR count). The van der Waals surface area contributed by atoms with Gasteiger partial charge in [0.05, 0.1) is 11.4 Å². The minimum atomic E-state index is 0.596. The summed E-state index contributed by atoms with van der Waals surface area (Å²) in [6.07, 6.45) is 9.19. The maximum Gasteiger partial charge on any atom is 0.0710 e. The lowest BCUT2D eigenvalue weighted by Crippen LogP contribution is -1.96. The average Bonchev–Trinajstić information content (AvgIpc) is 2.93. The monoisotopic (exact) mass is 466 g/mol. The minimum absolute atomic E-state index is 0.596. The van der Waals surface area contributed by atoms with E-state index in [1.807, 2.05) is 24.5 Å². The summed E-state index contributed by atoms with van der Waals surface area (Å²) in [7, 11) is 0. The molecule has 0 radical (unpaired) electrons. The van der Waals surface area contributed by atoms with Crippen LogP contribution >= 0.6 is 0 Å². The summed E-state index contributed by atoms with van der Waals surface area (Å²) in [5, 5.41) is 0. The molecule has 0 aliphatic heterocycles. The van der Waals surface area contributed by atoms with E-state index < -0.39 is 0 Å². The summed E-state index contributed by atoms with van der Waals surface area (Å²) in [5.74, 6) is 0.596. The van der Waals surface area contributed by atoms with Crippen LogP contribution < -0.4 is 0 Å². The van der Waals surface area contributed by atoms with Crippen LogP contribution in [-0.4, -0.2) is 9.97 Å². The Hall–Kier alpha value is -4.30. The maximum absolute atomic E-state index is 4.79. The van der Waals surface area contributed by atoms with Crippen molar-refractivity contribution in [1.29, 1.82) is 0 Å². The number of nitrogens with zero attached hydrogens (tertiary/aromatic N) is 2. The van der Waals surface area contributed by atoms with E-state index in [1.165, 1.54) is 16.7 Å². The third-order valence-corrected chi connectivity index (χ3v) is 6.25. The third-order valence-electron chi connectivity index (χ3n) is 6.25. The molecule has 0 bridgehead atoms. The van der Waals surface area contributed by atoms with Gasteiger partial charge in [0.2, 0.25) is 0 Å². The SMILES string of the molecule is CC(C)Cc1ccnc(-c2cc(-c3ccccc3)ccc2/C=C/c2ccccc2-c2ccccn2)c1. The van der Waals surface area contributed by atoms with E-state index in [1.54, 1.807) is 0 Å². The molecule has 0 aliphatic rings. The summed E-state index contributed by atoms with van der Waals surface area (Å²) in [6, 6.07) is 36.0. The zero-order valence-corrected chi connectivity index (χ0v) is 20.8. The second-order valence-corrected chi connectivity index (χ2v) is 9.45. The second kappa shape index (κ2) is 11.0. The molecular formula is C34H30N2. The van der Waals surface area contributed by atoms with Gasteiger partial charge in [0.25, 0.3) is 0 Å². The van der Waals surface area contributed by atoms with E-state index >= 15 is 0 Å². The van der Waals surface area contributed by atoms with E-state index in [2.05, 4.69) is 122 Å². The largest absolute Gasteiger partial charge is 0.256 e. The molecule has 0 spiro atoms. The molecule has 0 N–H and O–H groups in total. The van der Waals surface area contributed by atoms with E-state index in [9.17, 15) is 0 Å². The van der Waals surface area contributed by atoms with Crippen molar-refractivity contribution in [2.75, 3.05) is 0 Å². The molecule has 2 nitrogen and oxygen atoms in total. The van der Waals surface area contributed by atoms with Gasteiger partial charge in [0.15, 0.2) is 0 Å². The Morgan fingerprint density at radius 1 is 0.583 bits per heavy atom. The van der Waals surface area contributed by atoms with Crippen LogP contribution in [-0.2, 0) is 6.42 Å². The highest BCUT2D eigenvalue weighted by atomic mass is 14.7. The standard InChI is InChI=1S/C34H30N2/c1-25(2)22-26-19-21-36-34(23-26)32-24-30(27-10-4-3-5-11-27)18-17-29(32)16-15-28-12-6-7-13-31(28)33-14-8-9-20-35-33/h3-21,23-25H,22H2,1-2H3/b16-15+. The van der Waals surface area contributed by atoms with Crippen LogP contribution in [0.15, 0.2) is 116 Å². The molecule has 0 fully saturated rings. The number of hydrogen-bond acceptors (Lipinski definition) is 2. The molecule has 0 saturated carbocycles. The van der Waals surface area contributed by atoms with Crippen LogP contribution in [0.5, 0.6) is 0 Å². The number of aromatic nitrogens is 2. The van der Waals surface area contributed by atoms with Gasteiger partial charge in [-0.25, -0.2) is 0 Å². The van der Waals surface area contributed by atoms with Gasteiger partial charge in [-0.2, -0.15) is 0 Å². The van der Waals surface area contributed by atoms with Gasteiger partial charge in [-0.15, -0.1) is 0 Å². The normalized spacial score (nSPS) is 11.3. The fourth-order valence-electron chi connectivity index (χ4n) is 4.53. The van der Waals surface area contributed by atoms with Crippen LogP contribution in [0.4, 0.5) is 0 Å². The molecular weight excluding hydrogens is 436 g/mol. The van der Waals surface area contributed by atoms with Crippen molar-refractivity contribution in [3.63, 3.8) is 0 Å². The lowest BCUT2D eigenvalue weighted by Gasteiger charge is -2.12. The number of hydrogen-bond donors (Lipinski definition) is 0. The van der Waals surface area contributed by atoms with Crippen molar-refractivity contribution < 1.29 is 0 Å². The van der Waals surface area contributed by atoms with Crippen molar-refractivity contribution in [2.24, 2.45) is 5.92 Å². The van der Waals surface area contributed by atoms with Crippen molar-refractivity contribution >= 4 is 12.2 Å². The highest BCUT2D eigenvalue weighted by Gasteiger charge is 2.10. The van der Waals surface area contributed by atoms with Gasteiger partial charge in [-0.05, 0) is 70.5 Å². The van der Waals surface area contributed by atoms with Crippen molar-refractivity contribution in [2.45, 2.75) is 20.3 Å². The molecule has 0 atom stereocenters. The molecule has 0 amide bonds. The van der Waals surface area contributed by atoms with E-state index in [4.69, 9.17) is 4.98 Å². The van der Waals surface area contributed by atoms with Crippen LogP contribution in [0.25, 0.3) is 45.8 Å². The van der Waals surface area contributed by atoms with E-state index in [0.717, 1.165) is 40.1 Å². The van der Waals surface area contributed by atoms with Crippen LogP contribution in [0.2, 0.25) is 0 Å². The lowest BCUT2D eigenvalue weighted by molar-refractivity contribution is 0.647. The molecule has 176 valence electrons. The molecule has 2 heteroatoms. The zero-order chi connectivity index (χ0) is 24.7. The Bertz CT molecular complexity index is 1470. The summed E-state index contributed by atoms with van der Waals surface area (Å²) < 4.78 is 0. The molecule has 0 unspecified atom stereocenters. The molecule has 3 aromatic carbocycles. The lowest BCUT2D eigenvalue weighted by atomic mass is 9.94. The molecule has 0 saturated heterocycles. The first-order valence-electron chi connectivity index (χ1n) is 12.5. The fraction of sp³-hybridized carbons (Fsp3) is 0.118. The van der Waals surface area contributed by atoms with Crippen molar-refractivity contribution in [3.8, 4) is 33.6 Å². The summed E-state index contributed by atoms with van der Waals surface area (Å²) in [4.78, 5) is 9.35. The molecule has 0 aliphatic carbocycles. The van der Waals surface area contributed by atoms with Gasteiger partial charge < -0.3 is 0 Å². The van der Waals surface area contributed by atoms with Crippen molar-refractivity contribution in [3.05, 3.63) is 132 Å². The Balaban J connectivity index is 1.59. The number of benzene rings is 3. The first-order valence-corrected chi connectivity index (χ1v) is 12.5. The minimum Gasteiger partial charge on any atom is -0.256 e. The quantitative estimate of drug-likeness (QED) is 0.224. The summed E-state index contributed by atoms with van der Waals surface area (Å²) in [6.45, 7) is 4.51. The van der Waals surface area contributed by atoms with Gasteiger partial charge in [-0.1, -0.05) is 98.8 Å². The average molecular weight is 467 g/mol. The summed E-state index contributed by atoms with van der Waals surface area (Å²) >= 11 is 0. The Morgan fingerprint density at radius 2 is 1.31 bits per heavy atom. The van der Waals surface area contributed by atoms with E-state index in [0.29, 0.717) is 5.92 Å². The first-order chi connectivity index (χ1) is 17.7. The van der Waals surface area contributed by atoms with Gasteiger partial charge in [0, 0.05) is 23.5 Å². The zero-order valence-electron chi connectivity index (χ0n) is 20.8. The molecule has 2 aromatic heterocycles. The number of pyridine rings is 2.